The molecule has 2 atom stereocenters. The Balaban J connectivity index is 1.65. The standard InChI is InChI=1S/C26H32Cl2N3O4/c1-4-14-35-25(34)29(3)22-17-30(16-19(22)18-8-9-20(27)21(28)15-18)24(33)31(12-6-5-7-13-31)23(32)26(2)10-11-26/h1,8-9,15,19,22H,5-7,10-14,16-17H2,2-3H3/q+1/t19-,22+/m1/s1. The Hall–Kier alpha value is -2.27. The molecule has 4 amide bonds. The highest BCUT2D eigenvalue weighted by molar-refractivity contribution is 6.42. The van der Waals surface area contributed by atoms with Crippen LogP contribution in [0.2, 0.25) is 10.0 Å². The zero-order valence-corrected chi connectivity index (χ0v) is 21.8. The van der Waals surface area contributed by atoms with Crippen molar-refractivity contribution in [3.8, 4) is 12.3 Å². The molecule has 2 saturated heterocycles. The highest BCUT2D eigenvalue weighted by Crippen LogP contribution is 2.49. The third-order valence-electron chi connectivity index (χ3n) is 7.85. The van der Waals surface area contributed by atoms with E-state index < -0.39 is 11.5 Å². The molecule has 1 aliphatic carbocycles. The number of terminal acetylenes is 1. The summed E-state index contributed by atoms with van der Waals surface area (Å²) in [5, 5.41) is 0.836. The Labute approximate surface area is 216 Å². The van der Waals surface area contributed by atoms with Crippen molar-refractivity contribution >= 4 is 41.2 Å². The molecular formula is C26H32Cl2N3O4+. The van der Waals surface area contributed by atoms with Crippen LogP contribution in [0.15, 0.2) is 18.2 Å². The molecule has 0 aromatic heterocycles. The summed E-state index contributed by atoms with van der Waals surface area (Å²) < 4.78 is 5.04. The first-order valence-electron chi connectivity index (χ1n) is 12.1. The Morgan fingerprint density at radius 3 is 2.46 bits per heavy atom. The fourth-order valence-corrected chi connectivity index (χ4v) is 5.78. The third-order valence-corrected chi connectivity index (χ3v) is 8.59. The quantitative estimate of drug-likeness (QED) is 0.417. The molecule has 9 heteroatoms. The molecule has 1 aromatic rings. The van der Waals surface area contributed by atoms with Crippen molar-refractivity contribution in [1.82, 2.24) is 9.80 Å². The van der Waals surface area contributed by atoms with Gasteiger partial charge in [0.2, 0.25) is 0 Å². The van der Waals surface area contributed by atoms with E-state index in [2.05, 4.69) is 5.92 Å². The van der Waals surface area contributed by atoms with Gasteiger partial charge in [0.25, 0.3) is 0 Å². The van der Waals surface area contributed by atoms with Crippen LogP contribution in [0, 0.1) is 17.8 Å². The van der Waals surface area contributed by atoms with Gasteiger partial charge < -0.3 is 9.64 Å². The van der Waals surface area contributed by atoms with Crippen molar-refractivity contribution in [2.24, 2.45) is 5.41 Å². The summed E-state index contributed by atoms with van der Waals surface area (Å²) in [4.78, 5) is 43.7. The number of likely N-dealkylation sites (N-methyl/N-ethyl adjacent to an activating group) is 1. The van der Waals surface area contributed by atoms with E-state index in [1.165, 1.54) is 4.90 Å². The first kappa shape index (κ1) is 25.8. The van der Waals surface area contributed by atoms with Crippen LogP contribution in [0.1, 0.15) is 50.5 Å². The second-order valence-corrected chi connectivity index (χ2v) is 11.1. The Bertz CT molecular complexity index is 1060. The van der Waals surface area contributed by atoms with Crippen molar-refractivity contribution in [2.75, 3.05) is 39.8 Å². The Kier molecular flexibility index (Phi) is 7.38. The number of hydrogen-bond acceptors (Lipinski definition) is 4. The Morgan fingerprint density at radius 2 is 1.86 bits per heavy atom. The fraction of sp³-hybridized carbons (Fsp3) is 0.577. The average Bonchev–Trinajstić information content (AvgIpc) is 3.46. The van der Waals surface area contributed by atoms with Crippen LogP contribution in [0.4, 0.5) is 9.59 Å². The van der Waals surface area contributed by atoms with E-state index in [0.717, 1.165) is 37.7 Å². The predicted octanol–water partition coefficient (Wildman–Crippen LogP) is 4.91. The van der Waals surface area contributed by atoms with Crippen LogP contribution in [0.3, 0.4) is 0 Å². The van der Waals surface area contributed by atoms with Crippen LogP contribution >= 0.6 is 23.2 Å². The maximum Gasteiger partial charge on any atom is 0.426 e. The molecular weight excluding hydrogens is 489 g/mol. The van der Waals surface area contributed by atoms with Gasteiger partial charge >= 0.3 is 18.0 Å². The number of carbonyl (C=O) groups excluding carboxylic acids is 3. The predicted molar refractivity (Wildman–Crippen MR) is 134 cm³/mol. The van der Waals surface area contributed by atoms with Gasteiger partial charge in [0, 0.05) is 26.1 Å². The van der Waals surface area contributed by atoms with Crippen LogP contribution in [0.25, 0.3) is 0 Å². The molecule has 0 N–H and O–H groups in total. The molecule has 188 valence electrons. The summed E-state index contributed by atoms with van der Waals surface area (Å²) in [6, 6.07) is 4.81. The molecule has 3 aliphatic rings. The summed E-state index contributed by atoms with van der Waals surface area (Å²) in [6.45, 7) is 3.55. The Morgan fingerprint density at radius 1 is 1.17 bits per heavy atom. The van der Waals surface area contributed by atoms with Gasteiger partial charge in [-0.25, -0.2) is 14.4 Å². The van der Waals surface area contributed by atoms with Gasteiger partial charge in [-0.1, -0.05) is 35.2 Å². The lowest BCUT2D eigenvalue weighted by molar-refractivity contribution is -0.786. The van der Waals surface area contributed by atoms with Crippen molar-refractivity contribution in [3.63, 3.8) is 0 Å². The number of ether oxygens (including phenoxy) is 1. The average molecular weight is 521 g/mol. The van der Waals surface area contributed by atoms with Crippen molar-refractivity contribution in [2.45, 2.75) is 51.0 Å². The van der Waals surface area contributed by atoms with Crippen LogP contribution in [-0.4, -0.2) is 78.2 Å². The molecule has 1 saturated carbocycles. The molecule has 3 fully saturated rings. The molecule has 2 aliphatic heterocycles. The number of rotatable bonds is 4. The van der Waals surface area contributed by atoms with Crippen molar-refractivity contribution in [1.29, 1.82) is 0 Å². The lowest BCUT2D eigenvalue weighted by Gasteiger charge is -2.40. The van der Waals surface area contributed by atoms with E-state index >= 15 is 0 Å². The van der Waals surface area contributed by atoms with Crippen LogP contribution in [0.5, 0.6) is 0 Å². The molecule has 4 rings (SSSR count). The number of nitrogens with zero attached hydrogens (tertiary/aromatic N) is 3. The number of urea groups is 1. The maximum atomic E-state index is 14.1. The normalized spacial score (nSPS) is 24.4. The number of carbonyl (C=O) groups is 3. The minimum absolute atomic E-state index is 0.0403. The molecule has 35 heavy (non-hydrogen) atoms. The van der Waals surface area contributed by atoms with Gasteiger partial charge in [0.15, 0.2) is 6.61 Å². The number of piperidine rings is 1. The number of imide groups is 1. The lowest BCUT2D eigenvalue weighted by Crippen LogP contribution is -2.65. The smallest absolute Gasteiger partial charge is 0.426 e. The van der Waals surface area contributed by atoms with E-state index in [0.29, 0.717) is 29.7 Å². The molecule has 7 nitrogen and oxygen atoms in total. The number of likely N-dealkylation sites (tertiary alicyclic amines) is 2. The maximum absolute atomic E-state index is 14.1. The highest BCUT2D eigenvalue weighted by atomic mass is 35.5. The van der Waals surface area contributed by atoms with Crippen LogP contribution in [-0.2, 0) is 9.53 Å². The van der Waals surface area contributed by atoms with Gasteiger partial charge in [0.05, 0.1) is 34.6 Å². The number of halogens is 2. The minimum atomic E-state index is -0.559. The molecule has 0 bridgehead atoms. The number of amides is 4. The second kappa shape index (κ2) is 10.0. The molecule has 0 spiro atoms. The zero-order chi connectivity index (χ0) is 25.4. The van der Waals surface area contributed by atoms with Crippen molar-refractivity contribution in [3.05, 3.63) is 33.8 Å². The summed E-state index contributed by atoms with van der Waals surface area (Å²) >= 11 is 12.4. The SMILES string of the molecule is C#CCOC(=O)N(C)[C@H]1CN(C(=O)[N+]2(C(=O)C3(C)CC3)CCCCC2)C[C@@H]1c1ccc(Cl)c(Cl)c1. The second-order valence-electron chi connectivity index (χ2n) is 10.2. The first-order valence-corrected chi connectivity index (χ1v) is 12.9. The minimum Gasteiger partial charge on any atom is -0.436 e. The summed E-state index contributed by atoms with van der Waals surface area (Å²) in [5.41, 5.74) is 0.451. The summed E-state index contributed by atoms with van der Waals surface area (Å²) in [5.74, 6) is 2.11. The first-order chi connectivity index (χ1) is 16.6. The van der Waals surface area contributed by atoms with Gasteiger partial charge in [0.1, 0.15) is 0 Å². The number of benzene rings is 1. The monoisotopic (exact) mass is 520 g/mol. The third kappa shape index (κ3) is 4.89. The lowest BCUT2D eigenvalue weighted by atomic mass is 9.93. The molecule has 0 radical (unpaired) electrons. The fourth-order valence-electron chi connectivity index (χ4n) is 5.47. The van der Waals surface area contributed by atoms with Crippen molar-refractivity contribution < 1.29 is 23.6 Å². The largest absolute Gasteiger partial charge is 0.436 e. The van der Waals surface area contributed by atoms with E-state index in [1.807, 2.05) is 13.0 Å². The van der Waals surface area contributed by atoms with Gasteiger partial charge in [-0.2, -0.15) is 4.48 Å². The van der Waals surface area contributed by atoms with Gasteiger partial charge in [-0.05, 0) is 56.7 Å². The van der Waals surface area contributed by atoms with E-state index in [4.69, 9.17) is 34.4 Å². The molecule has 0 unspecified atom stereocenters. The number of hydrogen-bond donors (Lipinski definition) is 0. The highest BCUT2D eigenvalue weighted by Gasteiger charge is 2.61. The van der Waals surface area contributed by atoms with Gasteiger partial charge in [-0.15, -0.1) is 6.42 Å². The van der Waals surface area contributed by atoms with Crippen LogP contribution < -0.4 is 0 Å². The topological polar surface area (TPSA) is 66.9 Å². The molecule has 1 aromatic carbocycles. The van der Waals surface area contributed by atoms with E-state index in [9.17, 15) is 14.4 Å². The summed E-state index contributed by atoms with van der Waals surface area (Å²) in [6.07, 6.45) is 9.07. The van der Waals surface area contributed by atoms with E-state index in [-0.39, 0.29) is 41.5 Å². The van der Waals surface area contributed by atoms with Gasteiger partial charge in [-0.3, -0.25) is 4.90 Å². The molecule has 2 heterocycles. The van der Waals surface area contributed by atoms with E-state index in [1.54, 1.807) is 24.1 Å². The summed E-state index contributed by atoms with van der Waals surface area (Å²) in [7, 11) is 1.64. The zero-order valence-electron chi connectivity index (χ0n) is 20.3. The number of quaternary nitrogens is 1.